The second kappa shape index (κ2) is 6.37. The second-order valence-electron chi connectivity index (χ2n) is 4.94. The number of carbonyl (C=O) groups is 1. The minimum Gasteiger partial charge on any atom is -0.481 e. The molecule has 1 N–H and O–H groups in total. The van der Waals surface area contributed by atoms with Gasteiger partial charge in [0.25, 0.3) is 5.56 Å². The van der Waals surface area contributed by atoms with E-state index in [-0.39, 0.29) is 12.0 Å². The number of rotatable bonds is 6. The molecule has 0 atom stereocenters. The summed E-state index contributed by atoms with van der Waals surface area (Å²) < 4.78 is 1.66. The molecule has 4 nitrogen and oxygen atoms in total. The quantitative estimate of drug-likeness (QED) is 0.823. The highest BCUT2D eigenvalue weighted by molar-refractivity contribution is 5.82. The SMILES string of the molecule is CCc1ccc2c(=O)n(CCCCC(=O)O)ccc2c1. The number of carboxylic acids is 1. The Bertz CT molecular complexity index is 673. The van der Waals surface area contributed by atoms with Gasteiger partial charge in [-0.1, -0.05) is 19.1 Å². The first-order valence-corrected chi connectivity index (χ1v) is 6.95. The lowest BCUT2D eigenvalue weighted by Crippen LogP contribution is -2.19. The van der Waals surface area contributed by atoms with Gasteiger partial charge in [-0.2, -0.15) is 0 Å². The molecule has 0 aliphatic carbocycles. The Hall–Kier alpha value is -2.10. The van der Waals surface area contributed by atoms with Gasteiger partial charge in [-0.05, 0) is 42.3 Å². The molecule has 1 aromatic heterocycles. The minimum absolute atomic E-state index is 0.000443. The molecule has 0 saturated heterocycles. The van der Waals surface area contributed by atoms with Crippen molar-refractivity contribution in [2.75, 3.05) is 0 Å². The van der Waals surface area contributed by atoms with Crippen molar-refractivity contribution in [2.24, 2.45) is 0 Å². The topological polar surface area (TPSA) is 59.3 Å². The van der Waals surface area contributed by atoms with Crippen molar-refractivity contribution < 1.29 is 9.90 Å². The van der Waals surface area contributed by atoms with E-state index in [2.05, 4.69) is 6.92 Å². The fraction of sp³-hybridized carbons (Fsp3) is 0.375. The molecule has 0 radical (unpaired) electrons. The summed E-state index contributed by atoms with van der Waals surface area (Å²) in [6.07, 6.45) is 4.20. The summed E-state index contributed by atoms with van der Waals surface area (Å²) in [5.41, 5.74) is 1.22. The average Bonchev–Trinajstić information content (AvgIpc) is 2.45. The first-order valence-electron chi connectivity index (χ1n) is 6.95. The monoisotopic (exact) mass is 273 g/mol. The van der Waals surface area contributed by atoms with Crippen LogP contribution >= 0.6 is 0 Å². The van der Waals surface area contributed by atoms with Crippen LogP contribution < -0.4 is 5.56 Å². The fourth-order valence-corrected chi connectivity index (χ4v) is 2.29. The normalized spacial score (nSPS) is 10.8. The molecular weight excluding hydrogens is 254 g/mol. The van der Waals surface area contributed by atoms with E-state index in [9.17, 15) is 9.59 Å². The number of aryl methyl sites for hydroxylation is 2. The third kappa shape index (κ3) is 3.26. The minimum atomic E-state index is -0.789. The van der Waals surface area contributed by atoms with Crippen molar-refractivity contribution in [1.29, 1.82) is 0 Å². The van der Waals surface area contributed by atoms with Crippen LogP contribution in [-0.4, -0.2) is 15.6 Å². The fourth-order valence-electron chi connectivity index (χ4n) is 2.29. The van der Waals surface area contributed by atoms with Crippen LogP contribution in [0.15, 0.2) is 35.3 Å². The molecule has 0 bridgehead atoms. The molecule has 0 amide bonds. The largest absolute Gasteiger partial charge is 0.481 e. The van der Waals surface area contributed by atoms with Crippen LogP contribution in [0.25, 0.3) is 10.8 Å². The predicted octanol–water partition coefficient (Wildman–Crippen LogP) is 2.82. The lowest BCUT2D eigenvalue weighted by atomic mass is 10.1. The maximum atomic E-state index is 12.3. The number of pyridine rings is 1. The van der Waals surface area contributed by atoms with Crippen molar-refractivity contribution in [3.05, 3.63) is 46.4 Å². The molecule has 20 heavy (non-hydrogen) atoms. The Morgan fingerprint density at radius 3 is 2.75 bits per heavy atom. The van der Waals surface area contributed by atoms with Gasteiger partial charge in [-0.25, -0.2) is 0 Å². The van der Waals surface area contributed by atoms with E-state index in [1.54, 1.807) is 10.8 Å². The van der Waals surface area contributed by atoms with Gasteiger partial charge in [0.1, 0.15) is 0 Å². The third-order valence-electron chi connectivity index (χ3n) is 3.49. The van der Waals surface area contributed by atoms with Gasteiger partial charge >= 0.3 is 5.97 Å². The number of aliphatic carboxylic acids is 1. The molecule has 1 heterocycles. The number of hydrogen-bond acceptors (Lipinski definition) is 2. The number of hydrogen-bond donors (Lipinski definition) is 1. The highest BCUT2D eigenvalue weighted by Gasteiger charge is 2.04. The summed E-state index contributed by atoms with van der Waals surface area (Å²) >= 11 is 0. The molecule has 0 aliphatic heterocycles. The van der Waals surface area contributed by atoms with Crippen LogP contribution in [0.5, 0.6) is 0 Å². The summed E-state index contributed by atoms with van der Waals surface area (Å²) in [6.45, 7) is 2.66. The molecule has 0 spiro atoms. The van der Waals surface area contributed by atoms with E-state index in [0.717, 1.165) is 17.2 Å². The number of fused-ring (bicyclic) bond motifs is 1. The molecule has 0 unspecified atom stereocenters. The van der Waals surface area contributed by atoms with Crippen LogP contribution in [0.1, 0.15) is 31.7 Å². The molecule has 0 fully saturated rings. The van der Waals surface area contributed by atoms with Gasteiger partial charge in [0.05, 0.1) is 0 Å². The average molecular weight is 273 g/mol. The van der Waals surface area contributed by atoms with E-state index in [1.807, 2.05) is 24.3 Å². The number of carboxylic acid groups (broad SMARTS) is 1. The van der Waals surface area contributed by atoms with E-state index in [0.29, 0.717) is 19.4 Å². The zero-order valence-electron chi connectivity index (χ0n) is 11.6. The van der Waals surface area contributed by atoms with Crippen molar-refractivity contribution >= 4 is 16.7 Å². The Balaban J connectivity index is 2.17. The zero-order valence-corrected chi connectivity index (χ0v) is 11.6. The maximum absolute atomic E-state index is 12.3. The maximum Gasteiger partial charge on any atom is 0.303 e. The van der Waals surface area contributed by atoms with E-state index >= 15 is 0 Å². The van der Waals surface area contributed by atoms with Crippen molar-refractivity contribution in [3.63, 3.8) is 0 Å². The van der Waals surface area contributed by atoms with Gasteiger partial charge in [-0.15, -0.1) is 0 Å². The van der Waals surface area contributed by atoms with Gasteiger partial charge in [-0.3, -0.25) is 9.59 Å². The summed E-state index contributed by atoms with van der Waals surface area (Å²) in [5, 5.41) is 10.3. The highest BCUT2D eigenvalue weighted by Crippen LogP contribution is 2.13. The predicted molar refractivity (Wildman–Crippen MR) is 79.1 cm³/mol. The summed E-state index contributed by atoms with van der Waals surface area (Å²) in [5.74, 6) is -0.789. The Morgan fingerprint density at radius 1 is 1.25 bits per heavy atom. The zero-order chi connectivity index (χ0) is 14.5. The van der Waals surface area contributed by atoms with E-state index in [4.69, 9.17) is 5.11 Å². The lowest BCUT2D eigenvalue weighted by Gasteiger charge is -2.07. The number of unbranched alkanes of at least 4 members (excludes halogenated alkanes) is 1. The van der Waals surface area contributed by atoms with Crippen LogP contribution in [-0.2, 0) is 17.8 Å². The van der Waals surface area contributed by atoms with Crippen molar-refractivity contribution in [2.45, 2.75) is 39.2 Å². The lowest BCUT2D eigenvalue weighted by molar-refractivity contribution is -0.137. The van der Waals surface area contributed by atoms with Crippen LogP contribution in [0.3, 0.4) is 0 Å². The molecule has 2 rings (SSSR count). The van der Waals surface area contributed by atoms with E-state index < -0.39 is 5.97 Å². The molecule has 4 heteroatoms. The van der Waals surface area contributed by atoms with Gasteiger partial charge in [0, 0.05) is 24.5 Å². The molecule has 106 valence electrons. The highest BCUT2D eigenvalue weighted by atomic mass is 16.4. The van der Waals surface area contributed by atoms with Crippen molar-refractivity contribution in [3.8, 4) is 0 Å². The second-order valence-corrected chi connectivity index (χ2v) is 4.94. The molecular formula is C16H19NO3. The van der Waals surface area contributed by atoms with Crippen LogP contribution in [0.4, 0.5) is 0 Å². The molecule has 1 aromatic carbocycles. The van der Waals surface area contributed by atoms with Crippen LogP contribution in [0.2, 0.25) is 0 Å². The number of nitrogens with zero attached hydrogens (tertiary/aromatic N) is 1. The Morgan fingerprint density at radius 2 is 2.05 bits per heavy atom. The smallest absolute Gasteiger partial charge is 0.303 e. The molecule has 2 aromatic rings. The number of aromatic nitrogens is 1. The third-order valence-corrected chi connectivity index (χ3v) is 3.49. The van der Waals surface area contributed by atoms with Gasteiger partial charge in [0.2, 0.25) is 0 Å². The summed E-state index contributed by atoms with van der Waals surface area (Å²) in [4.78, 5) is 22.7. The van der Waals surface area contributed by atoms with Gasteiger partial charge < -0.3 is 9.67 Å². The molecule has 0 saturated carbocycles. The van der Waals surface area contributed by atoms with E-state index in [1.165, 1.54) is 5.56 Å². The Kier molecular flexibility index (Phi) is 4.56. The van der Waals surface area contributed by atoms with Crippen LogP contribution in [0, 0.1) is 0 Å². The Labute approximate surface area is 117 Å². The molecule has 0 aliphatic rings. The van der Waals surface area contributed by atoms with Crippen molar-refractivity contribution in [1.82, 2.24) is 4.57 Å². The first-order chi connectivity index (χ1) is 9.61. The summed E-state index contributed by atoms with van der Waals surface area (Å²) in [6, 6.07) is 7.86. The standard InChI is InChI=1S/C16H19NO3/c1-2-12-6-7-14-13(11-12)8-10-17(16(14)20)9-4-3-5-15(18)19/h6-8,10-11H,2-5,9H2,1H3,(H,18,19). The number of benzene rings is 1. The first kappa shape index (κ1) is 14.3. The van der Waals surface area contributed by atoms with Gasteiger partial charge in [0.15, 0.2) is 0 Å². The summed E-state index contributed by atoms with van der Waals surface area (Å²) in [7, 11) is 0.